The number of aliphatic hydroxyl groups is 1. The van der Waals surface area contributed by atoms with Gasteiger partial charge < -0.3 is 19.9 Å². The molecule has 1 aromatic carbocycles. The molecule has 1 aliphatic heterocycles. The third kappa shape index (κ3) is 3.66. The van der Waals surface area contributed by atoms with Crippen LogP contribution in [0.2, 0.25) is 0 Å². The third-order valence-electron chi connectivity index (χ3n) is 6.23. The molecule has 2 fully saturated rings. The summed E-state index contributed by atoms with van der Waals surface area (Å²) in [4.78, 5) is 27.6. The summed E-state index contributed by atoms with van der Waals surface area (Å²) in [6.45, 7) is 1.37. The van der Waals surface area contributed by atoms with E-state index in [9.17, 15) is 9.90 Å². The number of imidazole rings is 1. The Morgan fingerprint density at radius 2 is 1.80 bits per heavy atom. The molecule has 2 aromatic heterocycles. The highest BCUT2D eigenvalue weighted by Gasteiger charge is 2.43. The van der Waals surface area contributed by atoms with Gasteiger partial charge in [0, 0.05) is 43.6 Å². The minimum atomic E-state index is -0.415. The molecular weight excluding hydrogens is 380 g/mol. The number of rotatable bonds is 4. The molecule has 8 heteroatoms. The second kappa shape index (κ2) is 7.87. The van der Waals surface area contributed by atoms with Crippen molar-refractivity contribution in [3.05, 3.63) is 67.0 Å². The lowest BCUT2D eigenvalue weighted by Crippen LogP contribution is -2.35. The first-order valence-electron chi connectivity index (χ1n) is 10.3. The number of aliphatic hydroxyl groups excluding tert-OH is 1. The first-order chi connectivity index (χ1) is 14.7. The fourth-order valence-electron chi connectivity index (χ4n) is 4.70. The average Bonchev–Trinajstić information content (AvgIpc) is 3.43. The summed E-state index contributed by atoms with van der Waals surface area (Å²) < 4.78 is 1.98. The van der Waals surface area contributed by atoms with Crippen molar-refractivity contribution in [2.24, 2.45) is 11.8 Å². The molecule has 30 heavy (non-hydrogen) atoms. The van der Waals surface area contributed by atoms with E-state index in [1.54, 1.807) is 24.9 Å². The van der Waals surface area contributed by atoms with Gasteiger partial charge in [-0.2, -0.15) is 0 Å². The summed E-state index contributed by atoms with van der Waals surface area (Å²) >= 11 is 0. The van der Waals surface area contributed by atoms with Crippen LogP contribution in [-0.2, 0) is 0 Å². The number of para-hydroxylation sites is 1. The van der Waals surface area contributed by atoms with E-state index >= 15 is 0 Å². The van der Waals surface area contributed by atoms with E-state index in [1.807, 2.05) is 46.0 Å². The highest BCUT2D eigenvalue weighted by atomic mass is 16.3. The van der Waals surface area contributed by atoms with Gasteiger partial charge in [-0.05, 0) is 36.8 Å². The zero-order valence-electron chi connectivity index (χ0n) is 16.5. The van der Waals surface area contributed by atoms with Gasteiger partial charge in [-0.1, -0.05) is 18.2 Å². The first-order valence-corrected chi connectivity index (χ1v) is 10.3. The second-order valence-electron chi connectivity index (χ2n) is 8.13. The number of anilines is 2. The summed E-state index contributed by atoms with van der Waals surface area (Å²) in [6, 6.07) is 9.69. The van der Waals surface area contributed by atoms with E-state index in [1.165, 1.54) is 0 Å². The van der Waals surface area contributed by atoms with Gasteiger partial charge in [0.15, 0.2) is 0 Å². The van der Waals surface area contributed by atoms with Crippen LogP contribution in [0, 0.1) is 11.8 Å². The van der Waals surface area contributed by atoms with E-state index in [0.29, 0.717) is 42.9 Å². The normalized spacial score (nSPS) is 25.7. The molecule has 2 aliphatic rings. The zero-order valence-corrected chi connectivity index (χ0v) is 16.5. The van der Waals surface area contributed by atoms with Gasteiger partial charge in [-0.25, -0.2) is 15.0 Å². The first kappa shape index (κ1) is 18.7. The van der Waals surface area contributed by atoms with Crippen LogP contribution in [0.1, 0.15) is 29.2 Å². The van der Waals surface area contributed by atoms with Crippen molar-refractivity contribution in [1.82, 2.24) is 24.4 Å². The van der Waals surface area contributed by atoms with E-state index in [2.05, 4.69) is 20.3 Å². The summed E-state index contributed by atoms with van der Waals surface area (Å²) in [5.41, 5.74) is 1.38. The minimum absolute atomic E-state index is 0.0236. The van der Waals surface area contributed by atoms with Crippen LogP contribution in [0.25, 0.3) is 0 Å². The molecule has 1 amide bonds. The van der Waals surface area contributed by atoms with E-state index in [4.69, 9.17) is 0 Å². The molecule has 3 aromatic rings. The van der Waals surface area contributed by atoms with Crippen LogP contribution in [0.4, 0.5) is 11.6 Å². The molecule has 4 atom stereocenters. The van der Waals surface area contributed by atoms with Gasteiger partial charge in [0.25, 0.3) is 5.91 Å². The number of carbonyl (C=O) groups is 1. The van der Waals surface area contributed by atoms with Gasteiger partial charge in [0.1, 0.15) is 0 Å². The SMILES string of the molecule is O=C(c1cnc(Nc2ccccc2)nc1)N1C[C@H]2C[C@@H](n3ccnc3)[C@H](O)C[C@H]2C1. The van der Waals surface area contributed by atoms with Crippen LogP contribution in [0.5, 0.6) is 0 Å². The molecule has 2 N–H and O–H groups in total. The minimum Gasteiger partial charge on any atom is -0.391 e. The lowest BCUT2D eigenvalue weighted by Gasteiger charge is -2.35. The fraction of sp³-hybridized carbons (Fsp3) is 0.364. The Kier molecular flexibility index (Phi) is 4.92. The highest BCUT2D eigenvalue weighted by Crippen LogP contribution is 2.41. The molecule has 5 rings (SSSR count). The van der Waals surface area contributed by atoms with Crippen molar-refractivity contribution in [1.29, 1.82) is 0 Å². The van der Waals surface area contributed by atoms with Gasteiger partial charge >= 0.3 is 0 Å². The number of fused-ring (bicyclic) bond motifs is 1. The molecule has 154 valence electrons. The number of amides is 1. The lowest BCUT2D eigenvalue weighted by molar-refractivity contribution is 0.0357. The van der Waals surface area contributed by atoms with Crippen LogP contribution in [0.15, 0.2) is 61.4 Å². The van der Waals surface area contributed by atoms with E-state index in [0.717, 1.165) is 12.1 Å². The topological polar surface area (TPSA) is 96.2 Å². The van der Waals surface area contributed by atoms with Crippen molar-refractivity contribution in [2.75, 3.05) is 18.4 Å². The Bertz CT molecular complexity index is 992. The van der Waals surface area contributed by atoms with Gasteiger partial charge in [0.2, 0.25) is 5.95 Å². The zero-order chi connectivity index (χ0) is 20.5. The fourth-order valence-corrected chi connectivity index (χ4v) is 4.70. The third-order valence-corrected chi connectivity index (χ3v) is 6.23. The quantitative estimate of drug-likeness (QED) is 0.694. The largest absolute Gasteiger partial charge is 0.391 e. The number of likely N-dealkylation sites (tertiary alicyclic amines) is 1. The van der Waals surface area contributed by atoms with Gasteiger partial charge in [-0.15, -0.1) is 0 Å². The molecule has 1 saturated carbocycles. The predicted molar refractivity (Wildman–Crippen MR) is 111 cm³/mol. The smallest absolute Gasteiger partial charge is 0.257 e. The Morgan fingerprint density at radius 3 is 2.50 bits per heavy atom. The number of carbonyl (C=O) groups excluding carboxylic acids is 1. The number of hydrogen-bond donors (Lipinski definition) is 2. The van der Waals surface area contributed by atoms with Crippen molar-refractivity contribution in [2.45, 2.75) is 25.0 Å². The predicted octanol–water partition coefficient (Wildman–Crippen LogP) is 2.50. The molecule has 0 radical (unpaired) electrons. The van der Waals surface area contributed by atoms with E-state index < -0.39 is 6.10 Å². The van der Waals surface area contributed by atoms with Crippen LogP contribution in [0.3, 0.4) is 0 Å². The van der Waals surface area contributed by atoms with Crippen LogP contribution in [-0.4, -0.2) is 54.6 Å². The highest BCUT2D eigenvalue weighted by molar-refractivity contribution is 5.94. The summed E-state index contributed by atoms with van der Waals surface area (Å²) in [7, 11) is 0. The Hall–Kier alpha value is -3.26. The standard InChI is InChI=1S/C22H24N6O2/c29-20-9-16-13-28(12-15(16)8-19(20)27-7-6-23-14-27)21(30)17-10-24-22(25-11-17)26-18-4-2-1-3-5-18/h1-7,10-11,14-16,19-20,29H,8-9,12-13H2,(H,24,25,26)/t15-,16+,19-,20-/m1/s1. The summed E-state index contributed by atoms with van der Waals surface area (Å²) in [5.74, 6) is 1.11. The molecule has 3 heterocycles. The average molecular weight is 404 g/mol. The van der Waals surface area contributed by atoms with Gasteiger partial charge in [0.05, 0.1) is 24.0 Å². The number of nitrogens with one attached hydrogen (secondary N) is 1. The van der Waals surface area contributed by atoms with Crippen LogP contribution >= 0.6 is 0 Å². The maximum Gasteiger partial charge on any atom is 0.257 e. The molecule has 1 saturated heterocycles. The van der Waals surface area contributed by atoms with Crippen molar-refractivity contribution < 1.29 is 9.90 Å². The van der Waals surface area contributed by atoms with E-state index in [-0.39, 0.29) is 11.9 Å². The molecule has 8 nitrogen and oxygen atoms in total. The number of aromatic nitrogens is 4. The Morgan fingerprint density at radius 1 is 1.07 bits per heavy atom. The van der Waals surface area contributed by atoms with Gasteiger partial charge in [-0.3, -0.25) is 4.79 Å². The maximum absolute atomic E-state index is 13.0. The number of hydrogen-bond acceptors (Lipinski definition) is 6. The molecule has 0 unspecified atom stereocenters. The van der Waals surface area contributed by atoms with Crippen molar-refractivity contribution in [3.8, 4) is 0 Å². The summed E-state index contributed by atoms with van der Waals surface area (Å²) in [5, 5.41) is 13.7. The number of nitrogens with zero attached hydrogens (tertiary/aromatic N) is 5. The lowest BCUT2D eigenvalue weighted by atomic mass is 9.77. The Labute approximate surface area is 174 Å². The number of benzene rings is 1. The van der Waals surface area contributed by atoms with Crippen molar-refractivity contribution >= 4 is 17.5 Å². The van der Waals surface area contributed by atoms with Crippen LogP contribution < -0.4 is 5.32 Å². The van der Waals surface area contributed by atoms with Crippen molar-refractivity contribution in [3.63, 3.8) is 0 Å². The summed E-state index contributed by atoms with van der Waals surface area (Å²) in [6.07, 6.45) is 9.68. The Balaban J connectivity index is 1.24. The molecule has 0 spiro atoms. The molecular formula is C22H24N6O2. The molecule has 0 bridgehead atoms. The second-order valence-corrected chi connectivity index (χ2v) is 8.13. The monoisotopic (exact) mass is 404 g/mol. The molecule has 1 aliphatic carbocycles. The maximum atomic E-state index is 13.0.